The zero-order valence-electron chi connectivity index (χ0n) is 8.45. The highest BCUT2D eigenvalue weighted by molar-refractivity contribution is 5.89. The van der Waals surface area contributed by atoms with Gasteiger partial charge >= 0.3 is 0 Å². The lowest BCUT2D eigenvalue weighted by atomic mass is 9.91. The van der Waals surface area contributed by atoms with Crippen molar-refractivity contribution in [2.24, 2.45) is 11.5 Å². The minimum absolute atomic E-state index is 0.194. The van der Waals surface area contributed by atoms with E-state index >= 15 is 0 Å². The topological polar surface area (TPSA) is 106 Å². The molecule has 14 heavy (non-hydrogen) atoms. The lowest BCUT2D eigenvalue weighted by Gasteiger charge is -2.22. The number of unbranched alkanes of at least 4 members (excludes halogenated alkanes) is 2. The van der Waals surface area contributed by atoms with Gasteiger partial charge in [-0.3, -0.25) is 9.59 Å². The predicted octanol–water partition coefficient (Wildman–Crippen LogP) is -0.341. The van der Waals surface area contributed by atoms with Gasteiger partial charge in [0, 0.05) is 0 Å². The first kappa shape index (κ1) is 12.9. The van der Waals surface area contributed by atoms with Gasteiger partial charge in [-0.2, -0.15) is 0 Å². The van der Waals surface area contributed by atoms with Crippen LogP contribution in [-0.4, -0.2) is 22.5 Å². The van der Waals surface area contributed by atoms with Crippen molar-refractivity contribution in [2.75, 3.05) is 0 Å². The van der Waals surface area contributed by atoms with Crippen molar-refractivity contribution in [2.45, 2.75) is 44.6 Å². The monoisotopic (exact) mass is 202 g/mol. The summed E-state index contributed by atoms with van der Waals surface area (Å²) in [6.07, 6.45) is 2.30. The van der Waals surface area contributed by atoms with E-state index in [1.807, 2.05) is 6.92 Å². The molecule has 5 N–H and O–H groups in total. The quantitative estimate of drug-likeness (QED) is 0.491. The second-order valence-electron chi connectivity index (χ2n) is 3.50. The van der Waals surface area contributed by atoms with Gasteiger partial charge < -0.3 is 16.6 Å². The van der Waals surface area contributed by atoms with E-state index in [2.05, 4.69) is 0 Å². The van der Waals surface area contributed by atoms with Crippen LogP contribution in [0.2, 0.25) is 0 Å². The van der Waals surface area contributed by atoms with Crippen molar-refractivity contribution in [1.82, 2.24) is 0 Å². The summed E-state index contributed by atoms with van der Waals surface area (Å²) in [5.41, 5.74) is 8.16. The maximum atomic E-state index is 10.9. The number of amides is 2. The number of hydrogen-bond donors (Lipinski definition) is 3. The highest BCUT2D eigenvalue weighted by Crippen LogP contribution is 2.18. The number of primary amides is 2. The smallest absolute Gasteiger partial charge is 0.249 e. The Kier molecular flexibility index (Phi) is 5.15. The molecule has 0 aliphatic carbocycles. The van der Waals surface area contributed by atoms with Crippen molar-refractivity contribution < 1.29 is 14.7 Å². The van der Waals surface area contributed by atoms with Crippen molar-refractivity contribution in [3.63, 3.8) is 0 Å². The number of aliphatic hydroxyl groups is 1. The first-order valence-corrected chi connectivity index (χ1v) is 4.73. The van der Waals surface area contributed by atoms with E-state index < -0.39 is 23.8 Å². The first-order valence-electron chi connectivity index (χ1n) is 4.73. The molecule has 0 rings (SSSR count). The van der Waals surface area contributed by atoms with Crippen LogP contribution in [0.4, 0.5) is 0 Å². The SMILES string of the molecule is CCCCCC(O)(CC(N)=O)C(N)=O. The van der Waals surface area contributed by atoms with E-state index in [0.29, 0.717) is 6.42 Å². The molecule has 82 valence electrons. The number of nitrogens with two attached hydrogens (primary N) is 2. The molecule has 0 radical (unpaired) electrons. The standard InChI is InChI=1S/C9H18N2O3/c1-2-3-4-5-9(14,8(11)13)6-7(10)12/h14H,2-6H2,1H3,(H2,10,12)(H2,11,13). The molecular formula is C9H18N2O3. The summed E-state index contributed by atoms with van der Waals surface area (Å²) in [4.78, 5) is 21.5. The predicted molar refractivity (Wildman–Crippen MR) is 52.1 cm³/mol. The van der Waals surface area contributed by atoms with Gasteiger partial charge in [-0.1, -0.05) is 26.2 Å². The fraction of sp³-hybridized carbons (Fsp3) is 0.778. The Balaban J connectivity index is 4.24. The van der Waals surface area contributed by atoms with Gasteiger partial charge in [0.2, 0.25) is 11.8 Å². The molecule has 0 bridgehead atoms. The van der Waals surface area contributed by atoms with Gasteiger partial charge in [0.15, 0.2) is 5.60 Å². The van der Waals surface area contributed by atoms with E-state index in [4.69, 9.17) is 11.5 Å². The Morgan fingerprint density at radius 3 is 2.21 bits per heavy atom. The van der Waals surface area contributed by atoms with E-state index in [1.165, 1.54) is 0 Å². The fourth-order valence-electron chi connectivity index (χ4n) is 1.25. The van der Waals surface area contributed by atoms with Crippen LogP contribution >= 0.6 is 0 Å². The summed E-state index contributed by atoms with van der Waals surface area (Å²) in [6.45, 7) is 2.00. The molecule has 0 saturated carbocycles. The van der Waals surface area contributed by atoms with E-state index in [9.17, 15) is 14.7 Å². The third kappa shape index (κ3) is 4.23. The summed E-state index contributed by atoms with van der Waals surface area (Å²) in [5.74, 6) is -1.60. The molecular weight excluding hydrogens is 184 g/mol. The molecule has 0 heterocycles. The van der Waals surface area contributed by atoms with Crippen molar-refractivity contribution in [3.8, 4) is 0 Å². The maximum absolute atomic E-state index is 10.9. The molecule has 0 aliphatic rings. The van der Waals surface area contributed by atoms with Gasteiger partial charge in [-0.25, -0.2) is 0 Å². The van der Waals surface area contributed by atoms with Gasteiger partial charge in [-0.15, -0.1) is 0 Å². The van der Waals surface area contributed by atoms with Crippen LogP contribution in [0.5, 0.6) is 0 Å². The lowest BCUT2D eigenvalue weighted by Crippen LogP contribution is -2.46. The molecule has 1 atom stereocenters. The Morgan fingerprint density at radius 1 is 1.29 bits per heavy atom. The number of rotatable bonds is 7. The Morgan fingerprint density at radius 2 is 1.86 bits per heavy atom. The van der Waals surface area contributed by atoms with Gasteiger partial charge in [0.05, 0.1) is 6.42 Å². The second kappa shape index (κ2) is 5.59. The molecule has 2 amide bonds. The minimum atomic E-state index is -1.76. The van der Waals surface area contributed by atoms with E-state index in [1.54, 1.807) is 0 Å². The zero-order chi connectivity index (χ0) is 11.2. The van der Waals surface area contributed by atoms with E-state index in [-0.39, 0.29) is 6.42 Å². The maximum Gasteiger partial charge on any atom is 0.249 e. The molecule has 1 unspecified atom stereocenters. The third-order valence-electron chi connectivity index (χ3n) is 2.12. The van der Waals surface area contributed by atoms with Crippen LogP contribution in [0.15, 0.2) is 0 Å². The molecule has 0 aromatic heterocycles. The minimum Gasteiger partial charge on any atom is -0.379 e. The molecule has 0 fully saturated rings. The van der Waals surface area contributed by atoms with Crippen LogP contribution < -0.4 is 11.5 Å². The Hall–Kier alpha value is -1.10. The molecule has 0 spiro atoms. The van der Waals surface area contributed by atoms with Gasteiger partial charge in [-0.05, 0) is 6.42 Å². The van der Waals surface area contributed by atoms with Crippen LogP contribution in [0.3, 0.4) is 0 Å². The first-order chi connectivity index (χ1) is 6.42. The van der Waals surface area contributed by atoms with Gasteiger partial charge in [0.1, 0.15) is 0 Å². The second-order valence-corrected chi connectivity index (χ2v) is 3.50. The van der Waals surface area contributed by atoms with Crippen molar-refractivity contribution in [1.29, 1.82) is 0 Å². The number of carbonyl (C=O) groups is 2. The normalized spacial score (nSPS) is 14.7. The van der Waals surface area contributed by atoms with Crippen molar-refractivity contribution in [3.05, 3.63) is 0 Å². The van der Waals surface area contributed by atoms with Crippen LogP contribution in [0.1, 0.15) is 39.0 Å². The molecule has 5 nitrogen and oxygen atoms in total. The van der Waals surface area contributed by atoms with Crippen LogP contribution in [0.25, 0.3) is 0 Å². The summed E-state index contributed by atoms with van der Waals surface area (Å²) >= 11 is 0. The zero-order valence-corrected chi connectivity index (χ0v) is 8.45. The third-order valence-corrected chi connectivity index (χ3v) is 2.12. The summed E-state index contributed by atoms with van der Waals surface area (Å²) in [7, 11) is 0. The average molecular weight is 202 g/mol. The summed E-state index contributed by atoms with van der Waals surface area (Å²) in [6, 6.07) is 0. The lowest BCUT2D eigenvalue weighted by molar-refractivity contribution is -0.142. The number of hydrogen-bond acceptors (Lipinski definition) is 3. The van der Waals surface area contributed by atoms with Crippen LogP contribution in [0, 0.1) is 0 Å². The molecule has 0 saturated heterocycles. The molecule has 0 aliphatic heterocycles. The fourth-order valence-corrected chi connectivity index (χ4v) is 1.25. The highest BCUT2D eigenvalue weighted by atomic mass is 16.3. The highest BCUT2D eigenvalue weighted by Gasteiger charge is 2.34. The van der Waals surface area contributed by atoms with Gasteiger partial charge in [0.25, 0.3) is 0 Å². The Labute approximate surface area is 83.5 Å². The largest absolute Gasteiger partial charge is 0.379 e. The summed E-state index contributed by atoms with van der Waals surface area (Å²) in [5, 5.41) is 9.71. The van der Waals surface area contributed by atoms with Crippen molar-refractivity contribution >= 4 is 11.8 Å². The molecule has 0 aromatic carbocycles. The van der Waals surface area contributed by atoms with E-state index in [0.717, 1.165) is 12.8 Å². The Bertz CT molecular complexity index is 218. The molecule has 0 aromatic rings. The molecule has 5 heteroatoms. The number of carbonyl (C=O) groups excluding carboxylic acids is 2. The summed E-state index contributed by atoms with van der Waals surface area (Å²) < 4.78 is 0. The average Bonchev–Trinajstić information content (AvgIpc) is 2.03. The van der Waals surface area contributed by atoms with Crippen LogP contribution in [-0.2, 0) is 9.59 Å².